The number of carbonyl (C=O) groups is 2. The first-order chi connectivity index (χ1) is 16.4. The van der Waals surface area contributed by atoms with Crippen LogP contribution in [0.1, 0.15) is 31.0 Å². The lowest BCUT2D eigenvalue weighted by atomic mass is 9.96. The fourth-order valence-corrected chi connectivity index (χ4v) is 4.74. The van der Waals surface area contributed by atoms with E-state index >= 15 is 0 Å². The summed E-state index contributed by atoms with van der Waals surface area (Å²) in [5.74, 6) is -1.43. The van der Waals surface area contributed by atoms with Gasteiger partial charge in [-0.15, -0.1) is 0 Å². The minimum Gasteiger partial charge on any atom is -0.546 e. The molecule has 1 aliphatic heterocycles. The summed E-state index contributed by atoms with van der Waals surface area (Å²) in [7, 11) is 0. The molecule has 8 nitrogen and oxygen atoms in total. The Morgan fingerprint density at radius 3 is 2.50 bits per heavy atom. The fourth-order valence-electron chi connectivity index (χ4n) is 3.70. The average Bonchev–Trinajstić information content (AvgIpc) is 3.12. The van der Waals surface area contributed by atoms with Crippen LogP contribution in [0.25, 0.3) is 6.08 Å². The Balaban J connectivity index is 1.80. The zero-order chi connectivity index (χ0) is 24.2. The number of fused-ring (bicyclic) bond motifs is 1. The Labute approximate surface area is 198 Å². The lowest BCUT2D eigenvalue weighted by Crippen LogP contribution is -2.39. The van der Waals surface area contributed by atoms with E-state index in [0.717, 1.165) is 11.1 Å². The third-order valence-corrected chi connectivity index (χ3v) is 6.15. The molecule has 0 saturated carbocycles. The molecule has 1 atom stereocenters. The van der Waals surface area contributed by atoms with Crippen molar-refractivity contribution in [2.45, 2.75) is 19.9 Å². The smallest absolute Gasteiger partial charge is 0.338 e. The summed E-state index contributed by atoms with van der Waals surface area (Å²) in [6, 6.07) is 15.3. The number of benzene rings is 2. The Morgan fingerprint density at radius 1 is 1.15 bits per heavy atom. The van der Waals surface area contributed by atoms with Crippen LogP contribution in [0.4, 0.5) is 0 Å². The van der Waals surface area contributed by atoms with Gasteiger partial charge < -0.3 is 19.4 Å². The summed E-state index contributed by atoms with van der Waals surface area (Å²) in [4.78, 5) is 41.9. The number of aliphatic carboxylic acids is 1. The number of ether oxygens (including phenoxy) is 2. The number of hydrogen-bond donors (Lipinski definition) is 0. The molecule has 0 aliphatic carbocycles. The minimum atomic E-state index is -1.31. The van der Waals surface area contributed by atoms with Gasteiger partial charge in [0.05, 0.1) is 34.4 Å². The van der Waals surface area contributed by atoms with Crippen molar-refractivity contribution in [2.75, 3.05) is 13.2 Å². The molecule has 0 spiro atoms. The van der Waals surface area contributed by atoms with Crippen molar-refractivity contribution in [1.82, 2.24) is 4.57 Å². The van der Waals surface area contributed by atoms with Crippen molar-refractivity contribution in [2.24, 2.45) is 4.99 Å². The molecule has 3 aromatic rings. The lowest BCUT2D eigenvalue weighted by molar-refractivity contribution is -0.307. The zero-order valence-electron chi connectivity index (χ0n) is 18.5. The average molecular weight is 478 g/mol. The largest absolute Gasteiger partial charge is 0.546 e. The molecule has 1 aliphatic rings. The number of esters is 1. The van der Waals surface area contributed by atoms with Crippen LogP contribution >= 0.6 is 11.3 Å². The van der Waals surface area contributed by atoms with Gasteiger partial charge in [0.25, 0.3) is 5.56 Å². The van der Waals surface area contributed by atoms with Gasteiger partial charge in [0, 0.05) is 0 Å². The van der Waals surface area contributed by atoms with Gasteiger partial charge in [-0.25, -0.2) is 9.79 Å². The van der Waals surface area contributed by atoms with Crippen molar-refractivity contribution in [3.63, 3.8) is 0 Å². The van der Waals surface area contributed by atoms with E-state index in [1.807, 2.05) is 30.3 Å². The molecule has 34 heavy (non-hydrogen) atoms. The van der Waals surface area contributed by atoms with Crippen LogP contribution in [0.15, 0.2) is 75.7 Å². The molecular weight excluding hydrogens is 456 g/mol. The number of rotatable bonds is 7. The molecule has 0 unspecified atom stereocenters. The number of allylic oxidation sites excluding steroid dienone is 1. The monoisotopic (exact) mass is 477 g/mol. The van der Waals surface area contributed by atoms with Crippen molar-refractivity contribution >= 4 is 29.4 Å². The Kier molecular flexibility index (Phi) is 6.74. The second-order valence-electron chi connectivity index (χ2n) is 7.44. The molecule has 174 valence electrons. The maximum atomic E-state index is 13.5. The standard InChI is InChI=1S/C25H22N2O6S/c1-3-32-24(31)21-15(2)26-25-27(22(21)17-7-5-4-6-8-17)23(30)19(34-25)13-16-9-11-18(12-10-16)33-14-20(28)29/h4-13,22H,3,14H2,1-2H3,(H,28,29)/p-1/b19-13-/t22-/m1/s1. The first-order valence-corrected chi connectivity index (χ1v) is 11.4. The van der Waals surface area contributed by atoms with E-state index in [1.54, 1.807) is 44.2 Å². The second kappa shape index (κ2) is 9.88. The van der Waals surface area contributed by atoms with Crippen LogP contribution < -0.4 is 24.7 Å². The number of carboxylic acid groups (broad SMARTS) is 1. The summed E-state index contributed by atoms with van der Waals surface area (Å²) < 4.78 is 12.3. The highest BCUT2D eigenvalue weighted by atomic mass is 32.1. The van der Waals surface area contributed by atoms with Crippen LogP contribution in [0.5, 0.6) is 5.75 Å². The quantitative estimate of drug-likeness (QED) is 0.468. The van der Waals surface area contributed by atoms with Crippen molar-refractivity contribution in [1.29, 1.82) is 0 Å². The van der Waals surface area contributed by atoms with Crippen molar-refractivity contribution in [3.8, 4) is 5.75 Å². The van der Waals surface area contributed by atoms with E-state index in [0.29, 0.717) is 26.4 Å². The minimum absolute atomic E-state index is 0.213. The SMILES string of the molecule is CCOC(=O)C1=C(C)N=c2s/c(=C\c3ccc(OCC(=O)[O-])cc3)c(=O)n2[C@@H]1c1ccccc1. The molecule has 4 rings (SSSR count). The summed E-state index contributed by atoms with van der Waals surface area (Å²) in [5, 5.41) is 10.5. The molecule has 2 aromatic carbocycles. The van der Waals surface area contributed by atoms with E-state index < -0.39 is 24.6 Å². The van der Waals surface area contributed by atoms with E-state index in [-0.39, 0.29) is 12.2 Å². The first-order valence-electron chi connectivity index (χ1n) is 10.6. The molecule has 1 aromatic heterocycles. The third-order valence-electron chi connectivity index (χ3n) is 5.17. The van der Waals surface area contributed by atoms with E-state index in [4.69, 9.17) is 9.47 Å². The maximum absolute atomic E-state index is 13.5. The molecule has 9 heteroatoms. The fraction of sp³-hybridized carbons (Fsp3) is 0.200. The molecule has 0 N–H and O–H groups in total. The van der Waals surface area contributed by atoms with Crippen LogP contribution in [-0.4, -0.2) is 29.7 Å². The number of carbonyl (C=O) groups excluding carboxylic acids is 2. The van der Waals surface area contributed by atoms with E-state index in [2.05, 4.69) is 4.99 Å². The highest BCUT2D eigenvalue weighted by molar-refractivity contribution is 7.07. The Hall–Kier alpha value is -3.98. The molecule has 2 heterocycles. The highest BCUT2D eigenvalue weighted by Gasteiger charge is 2.33. The van der Waals surface area contributed by atoms with Gasteiger partial charge in [-0.05, 0) is 43.2 Å². The van der Waals surface area contributed by atoms with Crippen molar-refractivity contribution < 1.29 is 24.2 Å². The lowest BCUT2D eigenvalue weighted by Gasteiger charge is -2.24. The second-order valence-corrected chi connectivity index (χ2v) is 8.45. The molecule has 0 radical (unpaired) electrons. The Morgan fingerprint density at radius 2 is 1.85 bits per heavy atom. The number of aromatic nitrogens is 1. The van der Waals surface area contributed by atoms with Crippen LogP contribution in [-0.2, 0) is 14.3 Å². The molecule has 0 saturated heterocycles. The van der Waals surface area contributed by atoms with Crippen molar-refractivity contribution in [3.05, 3.63) is 96.7 Å². The Bertz CT molecular complexity index is 1440. The summed E-state index contributed by atoms with van der Waals surface area (Å²) in [6.07, 6.45) is 1.72. The van der Waals surface area contributed by atoms with E-state index in [1.165, 1.54) is 15.9 Å². The zero-order valence-corrected chi connectivity index (χ0v) is 19.3. The summed E-state index contributed by atoms with van der Waals surface area (Å²) >= 11 is 1.23. The summed E-state index contributed by atoms with van der Waals surface area (Å²) in [6.45, 7) is 3.14. The van der Waals surface area contributed by atoms with Gasteiger partial charge >= 0.3 is 5.97 Å². The normalized spacial score (nSPS) is 15.5. The molecular formula is C25H21N2O6S-. The van der Waals surface area contributed by atoms with Crippen LogP contribution in [0, 0.1) is 0 Å². The first kappa shape index (κ1) is 23.2. The van der Waals surface area contributed by atoms with Gasteiger partial charge in [0.15, 0.2) is 4.80 Å². The van der Waals surface area contributed by atoms with Gasteiger partial charge in [0.1, 0.15) is 12.4 Å². The topological polar surface area (TPSA) is 110 Å². The van der Waals surface area contributed by atoms with Gasteiger partial charge in [-0.2, -0.15) is 0 Å². The van der Waals surface area contributed by atoms with E-state index in [9.17, 15) is 19.5 Å². The van der Waals surface area contributed by atoms with Crippen LogP contribution in [0.2, 0.25) is 0 Å². The molecule has 0 fully saturated rings. The molecule has 0 bridgehead atoms. The van der Waals surface area contributed by atoms with Crippen LogP contribution in [0.3, 0.4) is 0 Å². The predicted molar refractivity (Wildman–Crippen MR) is 124 cm³/mol. The number of hydrogen-bond acceptors (Lipinski definition) is 8. The number of nitrogens with zero attached hydrogens (tertiary/aromatic N) is 2. The predicted octanol–water partition coefficient (Wildman–Crippen LogP) is 0.927. The third kappa shape index (κ3) is 4.69. The highest BCUT2D eigenvalue weighted by Crippen LogP contribution is 2.30. The van der Waals surface area contributed by atoms with Gasteiger partial charge in [-0.3, -0.25) is 9.36 Å². The number of thiazole rings is 1. The summed E-state index contributed by atoms with van der Waals surface area (Å²) in [5.41, 5.74) is 2.07. The molecule has 0 amide bonds. The van der Waals surface area contributed by atoms with Gasteiger partial charge in [-0.1, -0.05) is 53.8 Å². The maximum Gasteiger partial charge on any atom is 0.338 e. The van der Waals surface area contributed by atoms with Gasteiger partial charge in [0.2, 0.25) is 0 Å². The number of carboxylic acids is 1.